The van der Waals surface area contributed by atoms with Crippen molar-refractivity contribution in [1.82, 2.24) is 0 Å². The van der Waals surface area contributed by atoms with Gasteiger partial charge >= 0.3 is 6.18 Å². The first kappa shape index (κ1) is 15.4. The summed E-state index contributed by atoms with van der Waals surface area (Å²) in [5.74, 6) is -0.0505. The zero-order valence-corrected chi connectivity index (χ0v) is 12.4. The van der Waals surface area contributed by atoms with Crippen LogP contribution >= 0.6 is 0 Å². The molecule has 120 valence electrons. The van der Waals surface area contributed by atoms with Crippen LogP contribution in [0.15, 0.2) is 42.5 Å². The van der Waals surface area contributed by atoms with Gasteiger partial charge in [-0.3, -0.25) is 4.79 Å². The highest BCUT2D eigenvalue weighted by molar-refractivity contribution is 5.98. The summed E-state index contributed by atoms with van der Waals surface area (Å²) in [5.41, 5.74) is 2.43. The standard InChI is InChI=1S/C17H15F3N2O/c1-11(23)22-10-9-12-3-2-4-15(16(12)22)21-14-7-5-13(6-8-14)17(18,19)20/h2-8,21H,9-10H2,1H3. The molecule has 0 saturated heterocycles. The van der Waals surface area contributed by atoms with Crippen LogP contribution in [0.1, 0.15) is 18.1 Å². The Kier molecular flexibility index (Phi) is 3.75. The highest BCUT2D eigenvalue weighted by Gasteiger charge is 2.30. The van der Waals surface area contributed by atoms with Gasteiger partial charge in [0.1, 0.15) is 0 Å². The van der Waals surface area contributed by atoms with E-state index in [4.69, 9.17) is 0 Å². The van der Waals surface area contributed by atoms with Gasteiger partial charge in [-0.1, -0.05) is 12.1 Å². The summed E-state index contributed by atoms with van der Waals surface area (Å²) in [6.45, 7) is 2.13. The van der Waals surface area contributed by atoms with Gasteiger partial charge in [-0.05, 0) is 42.3 Å². The third kappa shape index (κ3) is 3.02. The Morgan fingerprint density at radius 2 is 1.83 bits per heavy atom. The second-order valence-corrected chi connectivity index (χ2v) is 5.43. The smallest absolute Gasteiger partial charge is 0.354 e. The molecule has 0 atom stereocenters. The number of rotatable bonds is 2. The lowest BCUT2D eigenvalue weighted by atomic mass is 10.1. The third-order valence-electron chi connectivity index (χ3n) is 3.87. The molecular formula is C17H15F3N2O. The molecule has 1 heterocycles. The maximum atomic E-state index is 12.6. The molecule has 0 fully saturated rings. The number of anilines is 3. The van der Waals surface area contributed by atoms with E-state index in [-0.39, 0.29) is 5.91 Å². The first-order valence-corrected chi connectivity index (χ1v) is 7.20. The number of nitrogens with one attached hydrogen (secondary N) is 1. The Hall–Kier alpha value is -2.50. The van der Waals surface area contributed by atoms with Crippen LogP contribution in [0.2, 0.25) is 0 Å². The van der Waals surface area contributed by atoms with E-state index in [1.807, 2.05) is 18.2 Å². The van der Waals surface area contributed by atoms with Gasteiger partial charge in [0.25, 0.3) is 0 Å². The van der Waals surface area contributed by atoms with E-state index in [0.717, 1.165) is 35.5 Å². The minimum Gasteiger partial charge on any atom is -0.354 e. The van der Waals surface area contributed by atoms with Gasteiger partial charge in [0.05, 0.1) is 16.9 Å². The molecule has 0 radical (unpaired) electrons. The number of carbonyl (C=O) groups excluding carboxylic acids is 1. The van der Waals surface area contributed by atoms with E-state index in [9.17, 15) is 18.0 Å². The van der Waals surface area contributed by atoms with Crippen molar-refractivity contribution in [3.8, 4) is 0 Å². The van der Waals surface area contributed by atoms with Gasteiger partial charge in [0.15, 0.2) is 0 Å². The van der Waals surface area contributed by atoms with E-state index in [2.05, 4.69) is 5.32 Å². The fraction of sp³-hybridized carbons (Fsp3) is 0.235. The van der Waals surface area contributed by atoms with Gasteiger partial charge in [0.2, 0.25) is 5.91 Å². The molecule has 0 saturated carbocycles. The lowest BCUT2D eigenvalue weighted by Gasteiger charge is -2.19. The average molecular weight is 320 g/mol. The predicted octanol–water partition coefficient (Wildman–Crippen LogP) is 4.36. The van der Waals surface area contributed by atoms with Crippen LogP contribution < -0.4 is 10.2 Å². The monoisotopic (exact) mass is 320 g/mol. The molecular weight excluding hydrogens is 305 g/mol. The maximum Gasteiger partial charge on any atom is 0.416 e. The second kappa shape index (κ2) is 5.61. The number of nitrogens with zero attached hydrogens (tertiary/aromatic N) is 1. The van der Waals surface area contributed by atoms with Gasteiger partial charge in [-0.25, -0.2) is 0 Å². The number of benzene rings is 2. The highest BCUT2D eigenvalue weighted by atomic mass is 19.4. The normalized spacial score (nSPS) is 13.8. The Balaban J connectivity index is 1.90. The molecule has 2 aromatic carbocycles. The lowest BCUT2D eigenvalue weighted by molar-refractivity contribution is -0.137. The van der Waals surface area contributed by atoms with Crippen molar-refractivity contribution in [2.75, 3.05) is 16.8 Å². The molecule has 3 nitrogen and oxygen atoms in total. The Morgan fingerprint density at radius 3 is 2.43 bits per heavy atom. The van der Waals surface area contributed by atoms with Crippen LogP contribution in [0.25, 0.3) is 0 Å². The van der Waals surface area contributed by atoms with Gasteiger partial charge in [0, 0.05) is 19.2 Å². The molecule has 6 heteroatoms. The number of hydrogen-bond donors (Lipinski definition) is 1. The predicted molar refractivity (Wildman–Crippen MR) is 82.9 cm³/mol. The number of halogens is 3. The zero-order valence-electron chi connectivity index (χ0n) is 12.4. The lowest BCUT2D eigenvalue weighted by Crippen LogP contribution is -2.26. The summed E-state index contributed by atoms with van der Waals surface area (Å²) in [5, 5.41) is 3.11. The zero-order chi connectivity index (χ0) is 16.6. The summed E-state index contributed by atoms with van der Waals surface area (Å²) >= 11 is 0. The van der Waals surface area contributed by atoms with Crippen molar-refractivity contribution >= 4 is 23.0 Å². The topological polar surface area (TPSA) is 32.3 Å². The average Bonchev–Trinajstić information content (AvgIpc) is 2.92. The minimum absolute atomic E-state index is 0.0505. The quantitative estimate of drug-likeness (QED) is 0.892. The fourth-order valence-corrected chi connectivity index (χ4v) is 2.77. The molecule has 0 unspecified atom stereocenters. The van der Waals surface area contributed by atoms with Crippen LogP contribution in [0, 0.1) is 0 Å². The number of fused-ring (bicyclic) bond motifs is 1. The van der Waals surface area contributed by atoms with Crippen LogP contribution in [0.5, 0.6) is 0 Å². The first-order valence-electron chi connectivity index (χ1n) is 7.20. The van der Waals surface area contributed by atoms with Gasteiger partial charge in [-0.2, -0.15) is 13.2 Å². The maximum absolute atomic E-state index is 12.6. The number of hydrogen-bond acceptors (Lipinski definition) is 2. The molecule has 0 aliphatic carbocycles. The molecule has 1 aliphatic heterocycles. The van der Waals surface area contributed by atoms with Crippen molar-refractivity contribution in [2.24, 2.45) is 0 Å². The molecule has 1 N–H and O–H groups in total. The minimum atomic E-state index is -4.35. The fourth-order valence-electron chi connectivity index (χ4n) is 2.77. The summed E-state index contributed by atoms with van der Waals surface area (Å²) in [6.07, 6.45) is -3.57. The molecule has 1 aliphatic rings. The summed E-state index contributed by atoms with van der Waals surface area (Å²) in [4.78, 5) is 13.4. The SMILES string of the molecule is CC(=O)N1CCc2cccc(Nc3ccc(C(F)(F)F)cc3)c21. The van der Waals surface area contributed by atoms with Crippen molar-refractivity contribution in [2.45, 2.75) is 19.5 Å². The second-order valence-electron chi connectivity index (χ2n) is 5.43. The van der Waals surface area contributed by atoms with Crippen LogP contribution in [0.4, 0.5) is 30.2 Å². The molecule has 0 aromatic heterocycles. The molecule has 2 aromatic rings. The molecule has 0 bridgehead atoms. The summed E-state index contributed by atoms with van der Waals surface area (Å²) in [6, 6.07) is 10.5. The molecule has 3 rings (SSSR count). The first-order chi connectivity index (χ1) is 10.9. The van der Waals surface area contributed by atoms with E-state index >= 15 is 0 Å². The number of alkyl halides is 3. The van der Waals surface area contributed by atoms with Crippen LogP contribution in [0.3, 0.4) is 0 Å². The van der Waals surface area contributed by atoms with E-state index in [0.29, 0.717) is 12.2 Å². The largest absolute Gasteiger partial charge is 0.416 e. The highest BCUT2D eigenvalue weighted by Crippen LogP contribution is 2.37. The molecule has 0 spiro atoms. The number of carbonyl (C=O) groups is 1. The van der Waals surface area contributed by atoms with E-state index in [1.54, 1.807) is 4.90 Å². The Bertz CT molecular complexity index is 738. The van der Waals surface area contributed by atoms with Crippen molar-refractivity contribution in [3.63, 3.8) is 0 Å². The molecule has 23 heavy (non-hydrogen) atoms. The van der Waals surface area contributed by atoms with Crippen LogP contribution in [-0.4, -0.2) is 12.5 Å². The van der Waals surface area contributed by atoms with E-state index < -0.39 is 11.7 Å². The Labute approximate surface area is 131 Å². The van der Waals surface area contributed by atoms with Crippen LogP contribution in [-0.2, 0) is 17.4 Å². The van der Waals surface area contributed by atoms with Gasteiger partial charge in [-0.15, -0.1) is 0 Å². The van der Waals surface area contributed by atoms with Gasteiger partial charge < -0.3 is 10.2 Å². The third-order valence-corrected chi connectivity index (χ3v) is 3.87. The Morgan fingerprint density at radius 1 is 1.13 bits per heavy atom. The summed E-state index contributed by atoms with van der Waals surface area (Å²) < 4.78 is 37.8. The number of amides is 1. The van der Waals surface area contributed by atoms with Crippen molar-refractivity contribution in [1.29, 1.82) is 0 Å². The van der Waals surface area contributed by atoms with Crippen molar-refractivity contribution < 1.29 is 18.0 Å². The summed E-state index contributed by atoms with van der Waals surface area (Å²) in [7, 11) is 0. The molecule has 1 amide bonds. The number of para-hydroxylation sites is 1. The van der Waals surface area contributed by atoms with E-state index in [1.165, 1.54) is 19.1 Å². The van der Waals surface area contributed by atoms with Crippen molar-refractivity contribution in [3.05, 3.63) is 53.6 Å².